The van der Waals surface area contributed by atoms with Crippen LogP contribution in [0.2, 0.25) is 0 Å². The molecule has 0 radical (unpaired) electrons. The molecule has 0 saturated heterocycles. The van der Waals surface area contributed by atoms with Crippen molar-refractivity contribution in [2.75, 3.05) is 0 Å². The lowest BCUT2D eigenvalue weighted by atomic mass is 10.1. The minimum absolute atomic E-state index is 0.975. The third-order valence-corrected chi connectivity index (χ3v) is 2.94. The van der Waals surface area contributed by atoms with Gasteiger partial charge in [-0.3, -0.25) is 4.98 Å². The summed E-state index contributed by atoms with van der Waals surface area (Å²) in [6, 6.07) is 0. The first-order valence-corrected chi connectivity index (χ1v) is 4.64. The van der Waals surface area contributed by atoms with Gasteiger partial charge in [-0.25, -0.2) is 0 Å². The molecule has 0 fully saturated rings. The van der Waals surface area contributed by atoms with E-state index >= 15 is 0 Å². The predicted octanol–water partition coefficient (Wildman–Crippen LogP) is 1.17. The fourth-order valence-corrected chi connectivity index (χ4v) is 2.33. The molecule has 0 unspecified atom stereocenters. The fraction of sp³-hybridized carbons (Fsp3) is 0.500. The van der Waals surface area contributed by atoms with Crippen LogP contribution < -0.4 is 5.32 Å². The van der Waals surface area contributed by atoms with E-state index in [2.05, 4.69) is 16.5 Å². The number of fused-ring (bicyclic) bond motifs is 3. The molecule has 0 amide bonds. The Morgan fingerprint density at radius 2 is 2.17 bits per heavy atom. The van der Waals surface area contributed by atoms with Gasteiger partial charge in [0.15, 0.2) is 0 Å². The van der Waals surface area contributed by atoms with Crippen LogP contribution in [0, 0.1) is 0 Å². The van der Waals surface area contributed by atoms with Gasteiger partial charge in [0.05, 0.1) is 5.69 Å². The van der Waals surface area contributed by atoms with Crippen LogP contribution in [0.15, 0.2) is 6.20 Å². The van der Waals surface area contributed by atoms with Crippen molar-refractivity contribution < 1.29 is 0 Å². The average Bonchev–Trinajstić information content (AvgIpc) is 2.71. The zero-order valence-corrected chi connectivity index (χ0v) is 7.06. The first kappa shape index (κ1) is 6.61. The lowest BCUT2D eigenvalue weighted by molar-refractivity contribution is 0.754. The molecule has 1 aromatic rings. The Bertz CT molecular complexity index is 298. The minimum Gasteiger partial charge on any atom is -0.307 e. The highest BCUT2D eigenvalue weighted by atomic mass is 14.9. The lowest BCUT2D eigenvalue weighted by Crippen LogP contribution is -2.00. The van der Waals surface area contributed by atoms with Gasteiger partial charge in [0, 0.05) is 19.3 Å². The summed E-state index contributed by atoms with van der Waals surface area (Å²) in [5.41, 5.74) is 5.89. The summed E-state index contributed by atoms with van der Waals surface area (Å²) in [6.45, 7) is 2.02. The zero-order valence-electron chi connectivity index (χ0n) is 7.06. The lowest BCUT2D eigenvalue weighted by Gasteiger charge is -2.04. The first-order valence-electron chi connectivity index (χ1n) is 4.64. The van der Waals surface area contributed by atoms with Crippen molar-refractivity contribution in [3.05, 3.63) is 28.6 Å². The van der Waals surface area contributed by atoms with E-state index in [1.807, 2.05) is 0 Å². The highest BCUT2D eigenvalue weighted by Crippen LogP contribution is 2.28. The van der Waals surface area contributed by atoms with E-state index in [0.29, 0.717) is 0 Å². The van der Waals surface area contributed by atoms with Crippen LogP contribution in [-0.2, 0) is 25.9 Å². The molecule has 2 heterocycles. The maximum absolute atomic E-state index is 4.47. The van der Waals surface area contributed by atoms with Crippen molar-refractivity contribution >= 4 is 0 Å². The summed E-state index contributed by atoms with van der Waals surface area (Å²) < 4.78 is 0. The van der Waals surface area contributed by atoms with E-state index in [1.165, 1.54) is 36.1 Å². The maximum atomic E-state index is 4.47. The molecular weight excluding hydrogens is 148 g/mol. The van der Waals surface area contributed by atoms with E-state index in [0.717, 1.165) is 13.1 Å². The second kappa shape index (κ2) is 2.30. The number of aryl methyl sites for hydroxylation is 1. The smallest absolute Gasteiger partial charge is 0.0589 e. The molecule has 2 nitrogen and oxygen atoms in total. The number of aromatic nitrogens is 1. The highest BCUT2D eigenvalue weighted by molar-refractivity contribution is 5.41. The van der Waals surface area contributed by atoms with Crippen LogP contribution in [0.1, 0.15) is 28.8 Å². The molecule has 0 atom stereocenters. The minimum atomic E-state index is 0.975. The maximum Gasteiger partial charge on any atom is 0.0589 e. The third-order valence-electron chi connectivity index (χ3n) is 2.94. The summed E-state index contributed by atoms with van der Waals surface area (Å²) in [4.78, 5) is 4.47. The summed E-state index contributed by atoms with van der Waals surface area (Å²) in [5.74, 6) is 0. The summed E-state index contributed by atoms with van der Waals surface area (Å²) in [7, 11) is 0. The van der Waals surface area contributed by atoms with Gasteiger partial charge in [-0.2, -0.15) is 0 Å². The van der Waals surface area contributed by atoms with Crippen molar-refractivity contribution in [3.63, 3.8) is 0 Å². The van der Waals surface area contributed by atoms with E-state index < -0.39 is 0 Å². The van der Waals surface area contributed by atoms with Crippen LogP contribution >= 0.6 is 0 Å². The number of rotatable bonds is 0. The Kier molecular flexibility index (Phi) is 1.27. The summed E-state index contributed by atoms with van der Waals surface area (Å²) >= 11 is 0. The number of pyridine rings is 1. The fourth-order valence-electron chi connectivity index (χ4n) is 2.33. The molecule has 62 valence electrons. The first-order chi connectivity index (χ1) is 5.95. The van der Waals surface area contributed by atoms with Crippen molar-refractivity contribution in [3.8, 4) is 0 Å². The molecule has 2 aliphatic rings. The van der Waals surface area contributed by atoms with Crippen molar-refractivity contribution in [1.29, 1.82) is 0 Å². The predicted molar refractivity (Wildman–Crippen MR) is 46.8 cm³/mol. The Labute approximate surface area is 72.0 Å². The highest BCUT2D eigenvalue weighted by Gasteiger charge is 2.21. The van der Waals surface area contributed by atoms with Crippen LogP contribution in [0.3, 0.4) is 0 Å². The van der Waals surface area contributed by atoms with Gasteiger partial charge >= 0.3 is 0 Å². The standard InChI is InChI=1S/C10H12N2/c1-2-7-4-12-10-6-11-5-9(10)8(7)3-1/h4,11H,1-3,5-6H2. The molecule has 2 heteroatoms. The molecule has 1 N–H and O–H groups in total. The topological polar surface area (TPSA) is 24.9 Å². The van der Waals surface area contributed by atoms with Crippen LogP contribution in [0.4, 0.5) is 0 Å². The molecule has 0 saturated carbocycles. The Morgan fingerprint density at radius 3 is 3.17 bits per heavy atom. The monoisotopic (exact) mass is 160 g/mol. The SMILES string of the molecule is c1nc2c(c3c1CCC3)CNC2. The van der Waals surface area contributed by atoms with Crippen LogP contribution in [0.25, 0.3) is 0 Å². The molecular formula is C10H12N2. The van der Waals surface area contributed by atoms with Crippen molar-refractivity contribution in [2.24, 2.45) is 0 Å². The second-order valence-corrected chi connectivity index (χ2v) is 3.64. The van der Waals surface area contributed by atoms with Gasteiger partial charge in [-0.15, -0.1) is 0 Å². The molecule has 1 aromatic heterocycles. The Balaban J connectivity index is 2.24. The summed E-state index contributed by atoms with van der Waals surface area (Å²) in [5, 5.41) is 3.35. The van der Waals surface area contributed by atoms with Crippen LogP contribution in [0.5, 0.6) is 0 Å². The molecule has 3 rings (SSSR count). The average molecular weight is 160 g/mol. The van der Waals surface area contributed by atoms with Gasteiger partial charge < -0.3 is 5.32 Å². The van der Waals surface area contributed by atoms with Gasteiger partial charge in [-0.05, 0) is 36.0 Å². The third kappa shape index (κ3) is 0.758. The van der Waals surface area contributed by atoms with Crippen LogP contribution in [-0.4, -0.2) is 4.98 Å². The molecule has 0 spiro atoms. The van der Waals surface area contributed by atoms with Crippen molar-refractivity contribution in [1.82, 2.24) is 10.3 Å². The second-order valence-electron chi connectivity index (χ2n) is 3.64. The molecule has 1 aliphatic heterocycles. The zero-order chi connectivity index (χ0) is 7.97. The molecule has 0 bridgehead atoms. The largest absolute Gasteiger partial charge is 0.307 e. The molecule has 12 heavy (non-hydrogen) atoms. The van der Waals surface area contributed by atoms with E-state index in [1.54, 1.807) is 5.56 Å². The Morgan fingerprint density at radius 1 is 1.17 bits per heavy atom. The van der Waals surface area contributed by atoms with Crippen molar-refractivity contribution in [2.45, 2.75) is 32.4 Å². The molecule has 1 aliphatic carbocycles. The molecule has 0 aromatic carbocycles. The van der Waals surface area contributed by atoms with Gasteiger partial charge in [0.1, 0.15) is 0 Å². The van der Waals surface area contributed by atoms with E-state index in [4.69, 9.17) is 0 Å². The number of nitrogens with zero attached hydrogens (tertiary/aromatic N) is 1. The van der Waals surface area contributed by atoms with Gasteiger partial charge in [0.2, 0.25) is 0 Å². The van der Waals surface area contributed by atoms with E-state index in [-0.39, 0.29) is 0 Å². The van der Waals surface area contributed by atoms with Gasteiger partial charge in [-0.1, -0.05) is 0 Å². The summed E-state index contributed by atoms with van der Waals surface area (Å²) in [6.07, 6.45) is 5.93. The number of nitrogens with one attached hydrogen (secondary N) is 1. The number of hydrogen-bond donors (Lipinski definition) is 1. The Hall–Kier alpha value is -0.890. The quantitative estimate of drug-likeness (QED) is 0.616. The number of hydrogen-bond acceptors (Lipinski definition) is 2. The normalized spacial score (nSPS) is 19.3. The van der Waals surface area contributed by atoms with E-state index in [9.17, 15) is 0 Å². The van der Waals surface area contributed by atoms with Gasteiger partial charge in [0.25, 0.3) is 0 Å².